The number of pyridine rings is 1. The minimum absolute atomic E-state index is 0.0585. The summed E-state index contributed by atoms with van der Waals surface area (Å²) < 4.78 is 28.2. The molecule has 0 atom stereocenters. The van der Waals surface area contributed by atoms with Crippen LogP contribution in [0.1, 0.15) is 39.3 Å². The molecule has 2 heterocycles. The number of alkyl halides is 2. The highest BCUT2D eigenvalue weighted by Crippen LogP contribution is 2.22. The van der Waals surface area contributed by atoms with Crippen LogP contribution in [-0.4, -0.2) is 16.6 Å². The van der Waals surface area contributed by atoms with Crippen molar-refractivity contribution in [2.75, 3.05) is 0 Å². The summed E-state index contributed by atoms with van der Waals surface area (Å²) in [6.07, 6.45) is 0. The fourth-order valence-electron chi connectivity index (χ4n) is 1.48. The third-order valence-electron chi connectivity index (χ3n) is 2.30. The van der Waals surface area contributed by atoms with Crippen LogP contribution in [0.25, 0.3) is 11.0 Å². The molecule has 0 radical (unpaired) electrons. The predicted molar refractivity (Wildman–Crippen MR) is 68.2 cm³/mol. The Morgan fingerprint density at radius 1 is 1.22 bits per heavy atom. The Bertz CT molecular complexity index is 495. The van der Waals surface area contributed by atoms with E-state index >= 15 is 0 Å². The molecule has 0 fully saturated rings. The number of nitrogens with one attached hydrogen (secondary N) is 1. The lowest BCUT2D eigenvalue weighted by Crippen LogP contribution is -2.03. The quantitative estimate of drug-likeness (QED) is 0.888. The number of fused-ring (bicyclic) bond motifs is 1. The first-order valence-electron chi connectivity index (χ1n) is 6.00. The molecule has 100 valence electrons. The molecule has 0 amide bonds. The molecule has 5 heteroatoms. The molecule has 0 bridgehead atoms. The van der Waals surface area contributed by atoms with E-state index in [1.807, 2.05) is 33.8 Å². The fraction of sp³-hybridized carbons (Fsp3) is 0.462. The normalized spacial score (nSPS) is 10.7. The third-order valence-corrected chi connectivity index (χ3v) is 2.30. The zero-order valence-corrected chi connectivity index (χ0v) is 11.0. The summed E-state index contributed by atoms with van der Waals surface area (Å²) in [5, 5.41) is 0. The zero-order valence-electron chi connectivity index (χ0n) is 11.0. The van der Waals surface area contributed by atoms with E-state index in [2.05, 4.69) is 14.7 Å². The van der Waals surface area contributed by atoms with Crippen LogP contribution >= 0.6 is 0 Å². The molecule has 0 aliphatic carbocycles. The first-order chi connectivity index (χ1) is 8.56. The molecule has 0 aromatic carbocycles. The summed E-state index contributed by atoms with van der Waals surface area (Å²) >= 11 is 0. The van der Waals surface area contributed by atoms with E-state index in [-0.39, 0.29) is 5.88 Å². The maximum atomic E-state index is 12.0. The van der Waals surface area contributed by atoms with Crippen LogP contribution in [0.15, 0.2) is 18.2 Å². The largest absolute Gasteiger partial charge is 0.417 e. The summed E-state index contributed by atoms with van der Waals surface area (Å²) in [7, 11) is 0. The monoisotopic (exact) mass is 256 g/mol. The van der Waals surface area contributed by atoms with Gasteiger partial charge in [-0.2, -0.15) is 8.78 Å². The number of aromatic amines is 1. The van der Waals surface area contributed by atoms with Crippen LogP contribution in [-0.2, 0) is 0 Å². The van der Waals surface area contributed by atoms with Gasteiger partial charge < -0.3 is 9.72 Å². The van der Waals surface area contributed by atoms with Crippen molar-refractivity contribution in [1.82, 2.24) is 9.97 Å². The Hall–Kier alpha value is -1.65. The fourth-order valence-corrected chi connectivity index (χ4v) is 1.48. The lowest BCUT2D eigenvalue weighted by atomic mass is 10.1. The van der Waals surface area contributed by atoms with Gasteiger partial charge in [-0.3, -0.25) is 0 Å². The highest BCUT2D eigenvalue weighted by atomic mass is 19.3. The molecule has 0 spiro atoms. The number of H-pyrrole nitrogens is 1. The van der Waals surface area contributed by atoms with E-state index in [0.717, 1.165) is 11.2 Å². The molecule has 0 aliphatic heterocycles. The summed E-state index contributed by atoms with van der Waals surface area (Å²) in [4.78, 5) is 7.15. The van der Waals surface area contributed by atoms with E-state index in [4.69, 9.17) is 0 Å². The summed E-state index contributed by atoms with van der Waals surface area (Å²) in [6.45, 7) is 5.25. The van der Waals surface area contributed by atoms with Crippen LogP contribution in [0.3, 0.4) is 0 Å². The highest BCUT2D eigenvalue weighted by Gasteiger charge is 2.09. The van der Waals surface area contributed by atoms with E-state index in [0.29, 0.717) is 11.4 Å². The van der Waals surface area contributed by atoms with Gasteiger partial charge >= 0.3 is 6.61 Å². The molecule has 3 nitrogen and oxygen atoms in total. The molecule has 1 N–H and O–H groups in total. The van der Waals surface area contributed by atoms with Crippen LogP contribution in [0, 0.1) is 0 Å². The second-order valence-electron chi connectivity index (χ2n) is 3.84. The van der Waals surface area contributed by atoms with Gasteiger partial charge in [-0.25, -0.2) is 4.98 Å². The number of ether oxygens (including phenoxy) is 1. The zero-order chi connectivity index (χ0) is 13.7. The third kappa shape index (κ3) is 3.42. The minimum atomic E-state index is -2.84. The van der Waals surface area contributed by atoms with Crippen molar-refractivity contribution in [3.8, 4) is 5.88 Å². The molecular formula is C13H18F2N2O. The molecule has 0 aliphatic rings. The van der Waals surface area contributed by atoms with Crippen LogP contribution in [0.2, 0.25) is 0 Å². The Labute approximate surface area is 105 Å². The molecule has 0 saturated carbocycles. The van der Waals surface area contributed by atoms with Crippen molar-refractivity contribution < 1.29 is 13.5 Å². The Balaban J connectivity index is 0.000000771. The molecule has 2 aromatic rings. The number of hydrogen-bond donors (Lipinski definition) is 1. The molecular weight excluding hydrogens is 238 g/mol. The van der Waals surface area contributed by atoms with Gasteiger partial charge in [-0.05, 0) is 18.1 Å². The maximum absolute atomic E-state index is 12.0. The first kappa shape index (κ1) is 14.4. The van der Waals surface area contributed by atoms with Gasteiger partial charge in [-0.1, -0.05) is 27.7 Å². The molecule has 0 unspecified atom stereocenters. The van der Waals surface area contributed by atoms with Crippen molar-refractivity contribution in [3.63, 3.8) is 0 Å². The van der Waals surface area contributed by atoms with Gasteiger partial charge in [0.05, 0.1) is 11.0 Å². The van der Waals surface area contributed by atoms with Crippen LogP contribution in [0.4, 0.5) is 8.78 Å². The van der Waals surface area contributed by atoms with E-state index in [1.54, 1.807) is 6.07 Å². The van der Waals surface area contributed by atoms with Gasteiger partial charge in [0.2, 0.25) is 5.88 Å². The number of nitrogens with zero attached hydrogens (tertiary/aromatic N) is 1. The van der Waals surface area contributed by atoms with Crippen molar-refractivity contribution in [1.29, 1.82) is 0 Å². The number of rotatable bonds is 3. The predicted octanol–water partition coefficient (Wildman–Crippen LogP) is 4.31. The average Bonchev–Trinajstić information content (AvgIpc) is 2.74. The second-order valence-corrected chi connectivity index (χ2v) is 3.84. The molecule has 0 saturated heterocycles. The number of aromatic nitrogens is 2. The van der Waals surface area contributed by atoms with Gasteiger partial charge in [0.15, 0.2) is 0 Å². The molecule has 2 aromatic heterocycles. The summed E-state index contributed by atoms with van der Waals surface area (Å²) in [6, 6.07) is 4.96. The average molecular weight is 256 g/mol. The van der Waals surface area contributed by atoms with E-state index in [9.17, 15) is 8.78 Å². The van der Waals surface area contributed by atoms with E-state index in [1.165, 1.54) is 6.07 Å². The van der Waals surface area contributed by atoms with Crippen LogP contribution in [0.5, 0.6) is 5.88 Å². The van der Waals surface area contributed by atoms with Gasteiger partial charge in [0.1, 0.15) is 0 Å². The minimum Gasteiger partial charge on any atom is -0.417 e. The Morgan fingerprint density at radius 2 is 1.89 bits per heavy atom. The number of halogens is 2. The van der Waals surface area contributed by atoms with Crippen LogP contribution < -0.4 is 4.74 Å². The van der Waals surface area contributed by atoms with Crippen molar-refractivity contribution >= 4 is 11.0 Å². The standard InChI is InChI=1S/C11H12F2N2O.C2H6/c1-6(2)8-5-9-7(14-8)3-4-10(15-9)16-11(12)13;1-2/h3-6,11,14H,1-2H3;1-2H3. The van der Waals surface area contributed by atoms with Crippen molar-refractivity contribution in [2.24, 2.45) is 0 Å². The smallest absolute Gasteiger partial charge is 0.388 e. The highest BCUT2D eigenvalue weighted by molar-refractivity contribution is 5.76. The van der Waals surface area contributed by atoms with Gasteiger partial charge in [-0.15, -0.1) is 0 Å². The second kappa shape index (κ2) is 6.33. The number of hydrogen-bond acceptors (Lipinski definition) is 2. The lowest BCUT2D eigenvalue weighted by molar-refractivity contribution is -0.0526. The van der Waals surface area contributed by atoms with Gasteiger partial charge in [0, 0.05) is 11.8 Å². The van der Waals surface area contributed by atoms with E-state index < -0.39 is 6.61 Å². The summed E-state index contributed by atoms with van der Waals surface area (Å²) in [5.41, 5.74) is 2.49. The lowest BCUT2D eigenvalue weighted by Gasteiger charge is -2.01. The Morgan fingerprint density at radius 3 is 2.44 bits per heavy atom. The molecule has 2 rings (SSSR count). The first-order valence-corrected chi connectivity index (χ1v) is 6.00. The van der Waals surface area contributed by atoms with Crippen molar-refractivity contribution in [2.45, 2.75) is 40.2 Å². The van der Waals surface area contributed by atoms with Crippen molar-refractivity contribution in [3.05, 3.63) is 23.9 Å². The summed E-state index contributed by atoms with van der Waals surface area (Å²) in [5.74, 6) is 0.283. The Kier molecular flexibility index (Phi) is 5.07. The molecule has 18 heavy (non-hydrogen) atoms. The van der Waals surface area contributed by atoms with Gasteiger partial charge in [0.25, 0.3) is 0 Å². The SMILES string of the molecule is CC.CC(C)c1cc2nc(OC(F)F)ccc2[nH]1. The maximum Gasteiger partial charge on any atom is 0.388 e. The topological polar surface area (TPSA) is 37.9 Å².